The lowest BCUT2D eigenvalue weighted by Crippen LogP contribution is -2.49. The van der Waals surface area contributed by atoms with Crippen LogP contribution in [-0.2, 0) is 11.4 Å². The number of amides is 3. The number of hydrogen-bond donors (Lipinski definition) is 1. The van der Waals surface area contributed by atoms with Gasteiger partial charge in [0.2, 0.25) is 0 Å². The van der Waals surface area contributed by atoms with Crippen molar-refractivity contribution >= 4 is 18.2 Å². The van der Waals surface area contributed by atoms with Gasteiger partial charge in [-0.15, -0.1) is 5.01 Å². The van der Waals surface area contributed by atoms with Crippen molar-refractivity contribution in [2.24, 2.45) is 11.0 Å². The van der Waals surface area contributed by atoms with Gasteiger partial charge in [0.05, 0.1) is 6.21 Å². The van der Waals surface area contributed by atoms with Gasteiger partial charge in [0.15, 0.2) is 0 Å². The van der Waals surface area contributed by atoms with Crippen LogP contribution in [0.5, 0.6) is 5.75 Å². The van der Waals surface area contributed by atoms with E-state index in [4.69, 9.17) is 4.74 Å². The Bertz CT molecular complexity index is 901. The third-order valence-electron chi connectivity index (χ3n) is 5.72. The molecule has 6 nitrogen and oxygen atoms in total. The van der Waals surface area contributed by atoms with E-state index in [1.165, 1.54) is 6.21 Å². The summed E-state index contributed by atoms with van der Waals surface area (Å²) in [6.45, 7) is 2.68. The SMILES string of the molecule is CC1CCC2(CC1)NC(=O)N(/N=C\c1ccc(OCc3ccccc3)cc1)C2=O. The lowest BCUT2D eigenvalue weighted by Gasteiger charge is -2.33. The van der Waals surface area contributed by atoms with Gasteiger partial charge >= 0.3 is 6.03 Å². The van der Waals surface area contributed by atoms with Crippen LogP contribution < -0.4 is 10.1 Å². The fourth-order valence-corrected chi connectivity index (χ4v) is 3.82. The lowest BCUT2D eigenvalue weighted by atomic mass is 9.77. The third-order valence-corrected chi connectivity index (χ3v) is 5.72. The summed E-state index contributed by atoms with van der Waals surface area (Å²) in [7, 11) is 0. The maximum absolute atomic E-state index is 12.8. The summed E-state index contributed by atoms with van der Waals surface area (Å²) < 4.78 is 5.77. The first-order valence-corrected chi connectivity index (χ1v) is 10.0. The minimum absolute atomic E-state index is 0.242. The Hall–Kier alpha value is -3.15. The topological polar surface area (TPSA) is 71.0 Å². The molecule has 1 aliphatic heterocycles. The number of imide groups is 1. The molecule has 6 heteroatoms. The molecule has 2 aliphatic rings. The first-order chi connectivity index (χ1) is 14.1. The summed E-state index contributed by atoms with van der Waals surface area (Å²) in [6, 6.07) is 16.9. The molecule has 1 N–H and O–H groups in total. The molecular formula is C23H25N3O3. The van der Waals surface area contributed by atoms with Crippen LogP contribution in [-0.4, -0.2) is 28.7 Å². The van der Waals surface area contributed by atoms with Crippen LogP contribution in [0.1, 0.15) is 43.7 Å². The van der Waals surface area contributed by atoms with Crippen molar-refractivity contribution in [3.63, 3.8) is 0 Å². The minimum atomic E-state index is -0.768. The standard InChI is InChI=1S/C23H25N3O3/c1-17-11-13-23(14-12-17)21(27)26(22(28)25-23)24-15-18-7-9-20(10-8-18)29-16-19-5-3-2-4-6-19/h2-10,15,17H,11-14,16H2,1H3,(H,25,28)/b24-15-. The molecule has 29 heavy (non-hydrogen) atoms. The number of urea groups is 1. The monoisotopic (exact) mass is 391 g/mol. The van der Waals surface area contributed by atoms with E-state index in [2.05, 4.69) is 17.3 Å². The Kier molecular flexibility index (Phi) is 5.34. The highest BCUT2D eigenvalue weighted by Gasteiger charge is 2.52. The Labute approximate surface area is 170 Å². The van der Waals surface area contributed by atoms with Gasteiger partial charge in [0.25, 0.3) is 5.91 Å². The van der Waals surface area contributed by atoms with E-state index in [1.54, 1.807) is 0 Å². The molecule has 4 rings (SSSR count). The Morgan fingerprint density at radius 3 is 2.48 bits per heavy atom. The van der Waals surface area contributed by atoms with Crippen LogP contribution in [0.15, 0.2) is 59.7 Å². The molecule has 150 valence electrons. The molecule has 0 unspecified atom stereocenters. The number of nitrogens with zero attached hydrogens (tertiary/aromatic N) is 2. The van der Waals surface area contributed by atoms with Crippen molar-refractivity contribution in [2.75, 3.05) is 0 Å². The van der Waals surface area contributed by atoms with Crippen molar-refractivity contribution in [1.82, 2.24) is 10.3 Å². The Balaban J connectivity index is 1.37. The quantitative estimate of drug-likeness (QED) is 0.616. The minimum Gasteiger partial charge on any atom is -0.489 e. The number of carbonyl (C=O) groups excluding carboxylic acids is 2. The number of ether oxygens (including phenoxy) is 1. The summed E-state index contributed by atoms with van der Waals surface area (Å²) in [5.41, 5.74) is 1.12. The van der Waals surface area contributed by atoms with Crippen molar-refractivity contribution < 1.29 is 14.3 Å². The maximum atomic E-state index is 12.8. The number of benzene rings is 2. The highest BCUT2D eigenvalue weighted by atomic mass is 16.5. The molecule has 2 aromatic carbocycles. The number of hydrogen-bond acceptors (Lipinski definition) is 4. The van der Waals surface area contributed by atoms with E-state index in [1.807, 2.05) is 54.6 Å². The van der Waals surface area contributed by atoms with E-state index >= 15 is 0 Å². The Morgan fingerprint density at radius 1 is 1.10 bits per heavy atom. The summed E-state index contributed by atoms with van der Waals surface area (Å²) in [5.74, 6) is 1.09. The van der Waals surface area contributed by atoms with Gasteiger partial charge in [-0.3, -0.25) is 4.79 Å². The molecule has 2 aromatic rings. The summed E-state index contributed by atoms with van der Waals surface area (Å²) in [6.07, 6.45) is 4.77. The predicted molar refractivity (Wildman–Crippen MR) is 111 cm³/mol. The van der Waals surface area contributed by atoms with Crippen LogP contribution in [0.2, 0.25) is 0 Å². The van der Waals surface area contributed by atoms with Crippen molar-refractivity contribution in [3.8, 4) is 5.75 Å². The number of nitrogens with one attached hydrogen (secondary N) is 1. The average Bonchev–Trinajstić information content (AvgIpc) is 2.98. The van der Waals surface area contributed by atoms with Gasteiger partial charge in [0, 0.05) is 0 Å². The molecule has 0 aromatic heterocycles. The van der Waals surface area contributed by atoms with Crippen LogP contribution >= 0.6 is 0 Å². The molecule has 1 saturated heterocycles. The summed E-state index contributed by atoms with van der Waals surface area (Å²) >= 11 is 0. The first-order valence-electron chi connectivity index (χ1n) is 10.0. The molecule has 0 atom stereocenters. The molecule has 0 bridgehead atoms. The van der Waals surface area contributed by atoms with Gasteiger partial charge < -0.3 is 10.1 Å². The first kappa shape index (κ1) is 19.2. The van der Waals surface area contributed by atoms with Gasteiger partial charge in [-0.05, 0) is 67.0 Å². The van der Waals surface area contributed by atoms with Gasteiger partial charge in [-0.2, -0.15) is 5.10 Å². The molecule has 1 heterocycles. The van der Waals surface area contributed by atoms with E-state index in [0.29, 0.717) is 25.4 Å². The van der Waals surface area contributed by atoms with E-state index in [9.17, 15) is 9.59 Å². The van der Waals surface area contributed by atoms with Crippen LogP contribution in [0.4, 0.5) is 4.79 Å². The van der Waals surface area contributed by atoms with Crippen molar-refractivity contribution in [1.29, 1.82) is 0 Å². The van der Waals surface area contributed by atoms with Gasteiger partial charge in [-0.1, -0.05) is 37.3 Å². The Morgan fingerprint density at radius 2 is 1.79 bits per heavy atom. The number of carbonyl (C=O) groups is 2. The maximum Gasteiger partial charge on any atom is 0.346 e. The second kappa shape index (κ2) is 8.07. The molecule has 1 aliphatic carbocycles. The number of rotatable bonds is 5. The normalized spacial score (nSPS) is 24.3. The van der Waals surface area contributed by atoms with E-state index in [-0.39, 0.29) is 5.91 Å². The molecule has 1 saturated carbocycles. The van der Waals surface area contributed by atoms with Crippen LogP contribution in [0.25, 0.3) is 0 Å². The third kappa shape index (κ3) is 4.16. The molecule has 3 amide bonds. The van der Waals surface area contributed by atoms with Crippen LogP contribution in [0, 0.1) is 5.92 Å². The molecule has 1 spiro atoms. The predicted octanol–water partition coefficient (Wildman–Crippen LogP) is 4.10. The largest absolute Gasteiger partial charge is 0.489 e. The van der Waals surface area contributed by atoms with E-state index < -0.39 is 11.6 Å². The van der Waals surface area contributed by atoms with E-state index in [0.717, 1.165) is 34.7 Å². The fraction of sp³-hybridized carbons (Fsp3) is 0.348. The second-order valence-electron chi connectivity index (χ2n) is 7.90. The lowest BCUT2D eigenvalue weighted by molar-refractivity contribution is -0.132. The fourth-order valence-electron chi connectivity index (χ4n) is 3.82. The zero-order chi connectivity index (χ0) is 20.3. The highest BCUT2D eigenvalue weighted by Crippen LogP contribution is 2.36. The molecule has 0 radical (unpaired) electrons. The average molecular weight is 391 g/mol. The van der Waals surface area contributed by atoms with Gasteiger partial charge in [0.1, 0.15) is 17.9 Å². The van der Waals surface area contributed by atoms with Gasteiger partial charge in [-0.25, -0.2) is 4.79 Å². The van der Waals surface area contributed by atoms with Crippen molar-refractivity contribution in [3.05, 3.63) is 65.7 Å². The summed E-state index contributed by atoms with van der Waals surface area (Å²) in [5, 5.41) is 7.99. The molecular weight excluding hydrogens is 366 g/mol. The highest BCUT2D eigenvalue weighted by molar-refractivity contribution is 6.07. The number of hydrazone groups is 1. The summed E-state index contributed by atoms with van der Waals surface area (Å²) in [4.78, 5) is 25.1. The van der Waals surface area contributed by atoms with Crippen LogP contribution in [0.3, 0.4) is 0 Å². The smallest absolute Gasteiger partial charge is 0.346 e. The van der Waals surface area contributed by atoms with Crippen molar-refractivity contribution in [2.45, 2.75) is 44.8 Å². The zero-order valence-electron chi connectivity index (χ0n) is 16.5. The zero-order valence-corrected chi connectivity index (χ0v) is 16.5. The molecule has 2 fully saturated rings. The second-order valence-corrected chi connectivity index (χ2v) is 7.90.